The van der Waals surface area contributed by atoms with Crippen LogP contribution in [0.3, 0.4) is 0 Å². The third-order valence-electron chi connectivity index (χ3n) is 0.841. The maximum Gasteiger partial charge on any atom is 0.0751 e. The summed E-state index contributed by atoms with van der Waals surface area (Å²) < 4.78 is 0. The van der Waals surface area contributed by atoms with Gasteiger partial charge >= 0.3 is 0 Å². The maximum atomic E-state index is 8.16. The minimum atomic E-state index is 0.931. The quantitative estimate of drug-likeness (QED) is 0.337. The predicted molar refractivity (Wildman–Crippen MR) is 35.8 cm³/mol. The summed E-state index contributed by atoms with van der Waals surface area (Å²) in [5, 5.41) is 8.16. The van der Waals surface area contributed by atoms with Crippen LogP contribution < -0.4 is 0 Å². The highest BCUT2D eigenvalue weighted by Gasteiger charge is 1.71. The number of aliphatic hydroxyl groups is 1. The molecule has 0 rings (SSSR count). The first kappa shape index (κ1) is 7.28. The average Bonchev–Trinajstić information content (AvgIpc) is 1.81. The molecule has 1 N–H and O–H groups in total. The highest BCUT2D eigenvalue weighted by atomic mass is 16.2. The van der Waals surface area contributed by atoms with Gasteiger partial charge in [-0.1, -0.05) is 12.2 Å². The molecule has 0 saturated carbocycles. The Hall–Kier alpha value is -0.720. The number of allylic oxidation sites excluding steroid dienone is 3. The molecule has 0 aliphatic heterocycles. The van der Waals surface area contributed by atoms with E-state index in [0.717, 1.165) is 19.1 Å². The molecule has 1 nitrogen and oxygen atoms in total. The lowest BCUT2D eigenvalue weighted by atomic mass is 10.3. The lowest BCUT2D eigenvalue weighted by Gasteiger charge is -1.80. The van der Waals surface area contributed by atoms with Gasteiger partial charge in [0.05, 0.1) is 6.26 Å². The number of hydrogen-bond donors (Lipinski definition) is 1. The fourth-order valence-corrected chi connectivity index (χ4v) is 0.434. The summed E-state index contributed by atoms with van der Waals surface area (Å²) in [5.74, 6) is 0. The molecule has 0 bridgehead atoms. The number of unbranched alkanes of at least 4 members (excludes halogenated alkanes) is 1. The minimum Gasteiger partial charge on any atom is -0.516 e. The van der Waals surface area contributed by atoms with Crippen molar-refractivity contribution in [3.8, 4) is 0 Å². The van der Waals surface area contributed by atoms with Crippen LogP contribution in [-0.4, -0.2) is 5.11 Å². The molecule has 0 fully saturated rings. The van der Waals surface area contributed by atoms with Crippen LogP contribution in [0.2, 0.25) is 0 Å². The first-order valence-electron chi connectivity index (χ1n) is 2.82. The van der Waals surface area contributed by atoms with Gasteiger partial charge in [-0.2, -0.15) is 0 Å². The number of rotatable bonds is 3. The normalized spacial score (nSPS) is 11.6. The highest BCUT2D eigenvalue weighted by Crippen LogP contribution is 1.90. The van der Waals surface area contributed by atoms with E-state index in [1.807, 2.05) is 13.0 Å². The lowest BCUT2D eigenvalue weighted by Crippen LogP contribution is -1.62. The Bertz CT molecular complexity index is 70.4. The molecule has 0 radical (unpaired) electrons. The summed E-state index contributed by atoms with van der Waals surface area (Å²) in [6.45, 7) is 1.99. The molecule has 0 spiro atoms. The van der Waals surface area contributed by atoms with Crippen LogP contribution in [0.1, 0.15) is 19.8 Å². The van der Waals surface area contributed by atoms with Crippen molar-refractivity contribution in [1.29, 1.82) is 0 Å². The summed E-state index contributed by atoms with van der Waals surface area (Å²) >= 11 is 0. The molecular formula is C7H12O. The van der Waals surface area contributed by atoms with E-state index in [9.17, 15) is 0 Å². The lowest BCUT2D eigenvalue weighted by molar-refractivity contribution is 0.471. The van der Waals surface area contributed by atoms with Crippen molar-refractivity contribution in [2.24, 2.45) is 0 Å². The van der Waals surface area contributed by atoms with E-state index < -0.39 is 0 Å². The van der Waals surface area contributed by atoms with Crippen molar-refractivity contribution >= 4 is 0 Å². The van der Waals surface area contributed by atoms with E-state index in [4.69, 9.17) is 5.11 Å². The van der Waals surface area contributed by atoms with Crippen molar-refractivity contribution in [1.82, 2.24) is 0 Å². The third kappa shape index (κ3) is 5.28. The SMILES string of the molecule is CC=CCCC=CO. The van der Waals surface area contributed by atoms with Gasteiger partial charge in [0.1, 0.15) is 0 Å². The Labute approximate surface area is 50.3 Å². The fraction of sp³-hybridized carbons (Fsp3) is 0.429. The summed E-state index contributed by atoms with van der Waals surface area (Å²) in [6, 6.07) is 0. The Balaban J connectivity index is 2.93. The molecule has 0 aliphatic rings. The highest BCUT2D eigenvalue weighted by molar-refractivity contribution is 4.81. The van der Waals surface area contributed by atoms with Gasteiger partial charge in [-0.3, -0.25) is 0 Å². The first-order valence-corrected chi connectivity index (χ1v) is 2.82. The van der Waals surface area contributed by atoms with Crippen molar-refractivity contribution in [2.45, 2.75) is 19.8 Å². The van der Waals surface area contributed by atoms with E-state index in [0.29, 0.717) is 0 Å². The second kappa shape index (κ2) is 6.28. The van der Waals surface area contributed by atoms with Crippen LogP contribution in [0.25, 0.3) is 0 Å². The fourth-order valence-electron chi connectivity index (χ4n) is 0.434. The van der Waals surface area contributed by atoms with Crippen LogP contribution in [-0.2, 0) is 0 Å². The zero-order valence-corrected chi connectivity index (χ0v) is 5.17. The van der Waals surface area contributed by atoms with Gasteiger partial charge in [0.2, 0.25) is 0 Å². The minimum absolute atomic E-state index is 0.931. The smallest absolute Gasteiger partial charge is 0.0751 e. The zero-order valence-electron chi connectivity index (χ0n) is 5.17. The largest absolute Gasteiger partial charge is 0.516 e. The standard InChI is InChI=1S/C7H12O/c1-2-3-4-5-6-7-8/h2-3,6-8H,4-5H2,1H3. The Morgan fingerprint density at radius 1 is 1.25 bits per heavy atom. The second-order valence-electron chi connectivity index (χ2n) is 1.53. The molecule has 0 amide bonds. The molecule has 8 heavy (non-hydrogen) atoms. The molecular weight excluding hydrogens is 100 g/mol. The van der Waals surface area contributed by atoms with E-state index >= 15 is 0 Å². The molecule has 1 heteroatoms. The topological polar surface area (TPSA) is 20.2 Å². The van der Waals surface area contributed by atoms with Gasteiger partial charge in [-0.25, -0.2) is 0 Å². The van der Waals surface area contributed by atoms with Crippen LogP contribution in [0.15, 0.2) is 24.5 Å². The van der Waals surface area contributed by atoms with Crippen molar-refractivity contribution < 1.29 is 5.11 Å². The number of hydrogen-bond acceptors (Lipinski definition) is 1. The van der Waals surface area contributed by atoms with Gasteiger partial charge in [0.15, 0.2) is 0 Å². The molecule has 0 aromatic heterocycles. The average molecular weight is 112 g/mol. The molecule has 0 atom stereocenters. The summed E-state index contributed by atoms with van der Waals surface area (Å²) in [4.78, 5) is 0. The van der Waals surface area contributed by atoms with Crippen molar-refractivity contribution in [3.05, 3.63) is 24.5 Å². The van der Waals surface area contributed by atoms with E-state index in [-0.39, 0.29) is 0 Å². The molecule has 0 saturated heterocycles. The monoisotopic (exact) mass is 112 g/mol. The van der Waals surface area contributed by atoms with E-state index in [1.165, 1.54) is 0 Å². The van der Waals surface area contributed by atoms with Gasteiger partial charge < -0.3 is 5.11 Å². The van der Waals surface area contributed by atoms with Crippen LogP contribution in [0, 0.1) is 0 Å². The van der Waals surface area contributed by atoms with E-state index in [2.05, 4.69) is 6.08 Å². The van der Waals surface area contributed by atoms with Gasteiger partial charge in [0, 0.05) is 0 Å². The Kier molecular flexibility index (Phi) is 5.71. The third-order valence-corrected chi connectivity index (χ3v) is 0.841. The van der Waals surface area contributed by atoms with Crippen molar-refractivity contribution in [3.63, 3.8) is 0 Å². The molecule has 0 unspecified atom stereocenters. The second-order valence-corrected chi connectivity index (χ2v) is 1.53. The van der Waals surface area contributed by atoms with Crippen LogP contribution >= 0.6 is 0 Å². The molecule has 46 valence electrons. The van der Waals surface area contributed by atoms with Gasteiger partial charge in [-0.15, -0.1) is 0 Å². The van der Waals surface area contributed by atoms with Gasteiger partial charge in [0.25, 0.3) is 0 Å². The predicted octanol–water partition coefficient (Wildman–Crippen LogP) is 2.41. The molecule has 0 heterocycles. The van der Waals surface area contributed by atoms with Gasteiger partial charge in [-0.05, 0) is 25.8 Å². The molecule has 0 aliphatic carbocycles. The first-order chi connectivity index (χ1) is 3.91. The summed E-state index contributed by atoms with van der Waals surface area (Å²) in [6.07, 6.45) is 8.85. The maximum absolute atomic E-state index is 8.16. The van der Waals surface area contributed by atoms with Crippen LogP contribution in [0.4, 0.5) is 0 Å². The number of aliphatic hydroxyl groups excluding tert-OH is 1. The van der Waals surface area contributed by atoms with Crippen LogP contribution in [0.5, 0.6) is 0 Å². The molecule has 0 aromatic carbocycles. The summed E-state index contributed by atoms with van der Waals surface area (Å²) in [7, 11) is 0. The van der Waals surface area contributed by atoms with E-state index in [1.54, 1.807) is 6.08 Å². The molecule has 0 aromatic rings. The Morgan fingerprint density at radius 3 is 2.38 bits per heavy atom. The summed E-state index contributed by atoms with van der Waals surface area (Å²) in [5.41, 5.74) is 0. The Morgan fingerprint density at radius 2 is 1.88 bits per heavy atom. The zero-order chi connectivity index (χ0) is 6.24. The van der Waals surface area contributed by atoms with Crippen molar-refractivity contribution in [2.75, 3.05) is 0 Å².